The molecule has 0 spiro atoms. The molecule has 3 heterocycles. The summed E-state index contributed by atoms with van der Waals surface area (Å²) in [5.74, 6) is 0. The molecule has 1 unspecified atom stereocenters. The summed E-state index contributed by atoms with van der Waals surface area (Å²) in [6, 6.07) is 0. The van der Waals surface area contributed by atoms with Crippen molar-refractivity contribution in [3.63, 3.8) is 0 Å². The Morgan fingerprint density at radius 2 is 1.02 bits per heavy atom. The van der Waals surface area contributed by atoms with Gasteiger partial charge in [0.05, 0.1) is 66.1 Å². The summed E-state index contributed by atoms with van der Waals surface area (Å²) in [6.45, 7) is 12.0. The van der Waals surface area contributed by atoms with Crippen molar-refractivity contribution in [3.05, 3.63) is 0 Å². The molecule has 0 bridgehead atoms. The Morgan fingerprint density at radius 1 is 0.558 bits per heavy atom. The van der Waals surface area contributed by atoms with Crippen molar-refractivity contribution in [1.82, 2.24) is 0 Å². The van der Waals surface area contributed by atoms with E-state index in [9.17, 15) is 0 Å². The van der Waals surface area contributed by atoms with E-state index in [4.69, 9.17) is 71.1 Å². The molecule has 0 aromatic carbocycles. The maximum atomic E-state index is 5.18. The van der Waals surface area contributed by atoms with E-state index in [-0.39, 0.29) is 31.3 Å². The second kappa shape index (κ2) is 35.9. The number of ether oxygens (including phenoxy) is 15. The summed E-state index contributed by atoms with van der Waals surface area (Å²) in [7, 11) is 11.3. The number of rotatable bonds is 16. The normalized spacial score (nSPS) is 18.6. The van der Waals surface area contributed by atoms with Gasteiger partial charge in [-0.3, -0.25) is 0 Å². The minimum atomic E-state index is -0.222. The Labute approximate surface area is 258 Å². The molecule has 262 valence electrons. The molecule has 3 fully saturated rings. The summed E-state index contributed by atoms with van der Waals surface area (Å²) in [4.78, 5) is 0. The predicted molar refractivity (Wildman–Crippen MR) is 156 cm³/mol. The molecule has 0 aromatic rings. The summed E-state index contributed by atoms with van der Waals surface area (Å²) in [5, 5.41) is 0. The fourth-order valence-corrected chi connectivity index (χ4v) is 3.08. The van der Waals surface area contributed by atoms with Crippen molar-refractivity contribution >= 4 is 0 Å². The lowest BCUT2D eigenvalue weighted by atomic mass is 10.4. The van der Waals surface area contributed by atoms with Crippen LogP contribution in [0.4, 0.5) is 0 Å². The van der Waals surface area contributed by atoms with Gasteiger partial charge >= 0.3 is 0 Å². The van der Waals surface area contributed by atoms with Gasteiger partial charge in [0.2, 0.25) is 0 Å². The van der Waals surface area contributed by atoms with Crippen LogP contribution in [-0.4, -0.2) is 167 Å². The van der Waals surface area contributed by atoms with E-state index in [1.807, 2.05) is 13.8 Å². The minimum Gasteiger partial charge on any atom is -0.382 e. The largest absolute Gasteiger partial charge is 0.382 e. The van der Waals surface area contributed by atoms with Crippen molar-refractivity contribution in [1.29, 1.82) is 0 Å². The smallest absolute Gasteiger partial charge is 0.181 e. The molecule has 0 amide bonds. The second-order valence-electron chi connectivity index (χ2n) is 8.49. The van der Waals surface area contributed by atoms with E-state index in [1.165, 1.54) is 0 Å². The number of methoxy groups -OCH3 is 7. The highest BCUT2D eigenvalue weighted by atomic mass is 16.7. The third kappa shape index (κ3) is 29.9. The van der Waals surface area contributed by atoms with Crippen LogP contribution in [0.2, 0.25) is 0 Å². The van der Waals surface area contributed by atoms with Crippen LogP contribution in [0.5, 0.6) is 0 Å². The molecular formula is C28H60O15. The minimum absolute atomic E-state index is 0.111. The van der Waals surface area contributed by atoms with E-state index >= 15 is 0 Å². The third-order valence-electron chi connectivity index (χ3n) is 5.07. The van der Waals surface area contributed by atoms with Crippen LogP contribution < -0.4 is 0 Å². The van der Waals surface area contributed by atoms with Gasteiger partial charge in [0.15, 0.2) is 25.2 Å². The van der Waals surface area contributed by atoms with Crippen molar-refractivity contribution in [3.8, 4) is 0 Å². The van der Waals surface area contributed by atoms with Gasteiger partial charge < -0.3 is 71.1 Å². The molecule has 3 saturated heterocycles. The zero-order valence-corrected chi connectivity index (χ0v) is 27.9. The first kappa shape index (κ1) is 44.5. The first-order chi connectivity index (χ1) is 21.0. The van der Waals surface area contributed by atoms with Crippen LogP contribution in [0, 0.1) is 0 Å². The lowest BCUT2D eigenvalue weighted by Crippen LogP contribution is -2.28. The first-order valence-electron chi connectivity index (χ1n) is 14.4. The molecule has 0 radical (unpaired) electrons. The fourth-order valence-electron chi connectivity index (χ4n) is 3.08. The second-order valence-corrected chi connectivity index (χ2v) is 8.49. The van der Waals surface area contributed by atoms with Gasteiger partial charge in [-0.05, 0) is 20.3 Å². The highest BCUT2D eigenvalue weighted by Crippen LogP contribution is 2.04. The molecule has 1 atom stereocenters. The zero-order chi connectivity index (χ0) is 32.4. The highest BCUT2D eigenvalue weighted by Gasteiger charge is 2.15. The molecular weight excluding hydrogens is 576 g/mol. The zero-order valence-electron chi connectivity index (χ0n) is 27.9. The van der Waals surface area contributed by atoms with Gasteiger partial charge in [0, 0.05) is 63.0 Å². The summed E-state index contributed by atoms with van der Waals surface area (Å²) in [6.07, 6.45) is 0.518. The Hall–Kier alpha value is -0.600. The van der Waals surface area contributed by atoms with Crippen LogP contribution in [0.25, 0.3) is 0 Å². The molecule has 0 saturated carbocycles. The first-order valence-corrected chi connectivity index (χ1v) is 14.4. The summed E-state index contributed by atoms with van der Waals surface area (Å²) < 4.78 is 74.3. The van der Waals surface area contributed by atoms with Crippen LogP contribution in [-0.2, 0) is 71.1 Å². The molecule has 0 N–H and O–H groups in total. The molecule has 0 aromatic heterocycles. The van der Waals surface area contributed by atoms with E-state index in [1.54, 1.807) is 49.8 Å². The Balaban J connectivity index is 0. The number of hydrogen-bond acceptors (Lipinski definition) is 15. The van der Waals surface area contributed by atoms with Crippen molar-refractivity contribution in [2.24, 2.45) is 0 Å². The third-order valence-corrected chi connectivity index (χ3v) is 5.07. The van der Waals surface area contributed by atoms with Crippen LogP contribution in [0.1, 0.15) is 20.3 Å². The molecule has 0 aliphatic carbocycles. The Kier molecular flexibility index (Phi) is 37.1. The Bertz CT molecular complexity index is 458. The standard InChI is InChI=1S/C7H16O3.C6H12O3.2C5H10O3.C5H12O3/c1-4-9-7(6-8-3)10-5-2;1-7-5-6-8-3-2-4-9-6;1-6-2-5-3-7-4-8-5;1-6-4-5-7-2-3-8-5;1-6-4-5(7-2)8-3/h7H,4-6H2,1-3H3;6H,2-5H2,1H3;2*5H,2-4H2,1H3;5H,4H2,1-3H3. The van der Waals surface area contributed by atoms with Gasteiger partial charge in [-0.1, -0.05) is 0 Å². The maximum Gasteiger partial charge on any atom is 0.181 e. The van der Waals surface area contributed by atoms with Crippen molar-refractivity contribution in [2.45, 2.75) is 51.5 Å². The SMILES string of the molecule is CCOC(COC)OCC.COCC(OC)OC.COCC1COCO1.COCC1OCCCO1.COCC1OCCO1. The lowest BCUT2D eigenvalue weighted by Gasteiger charge is -2.21. The van der Waals surface area contributed by atoms with E-state index in [0.717, 1.165) is 19.6 Å². The summed E-state index contributed by atoms with van der Waals surface area (Å²) in [5.41, 5.74) is 0. The van der Waals surface area contributed by atoms with Gasteiger partial charge in [-0.25, -0.2) is 0 Å². The Morgan fingerprint density at radius 3 is 1.37 bits per heavy atom. The molecule has 3 aliphatic rings. The molecule has 43 heavy (non-hydrogen) atoms. The summed E-state index contributed by atoms with van der Waals surface area (Å²) >= 11 is 0. The van der Waals surface area contributed by atoms with Crippen LogP contribution in [0.3, 0.4) is 0 Å². The highest BCUT2D eigenvalue weighted by molar-refractivity contribution is 4.56. The van der Waals surface area contributed by atoms with Crippen molar-refractivity contribution < 1.29 is 71.1 Å². The van der Waals surface area contributed by atoms with Gasteiger partial charge in [-0.15, -0.1) is 0 Å². The van der Waals surface area contributed by atoms with Crippen LogP contribution >= 0.6 is 0 Å². The predicted octanol–water partition coefficient (Wildman–Crippen LogP) is 1.69. The fraction of sp³-hybridized carbons (Fsp3) is 1.00. The van der Waals surface area contributed by atoms with Crippen molar-refractivity contribution in [2.75, 3.05) is 136 Å². The number of hydrogen-bond donors (Lipinski definition) is 0. The van der Waals surface area contributed by atoms with Gasteiger partial charge in [-0.2, -0.15) is 0 Å². The quantitative estimate of drug-likeness (QED) is 0.227. The molecule has 3 rings (SSSR count). The van der Waals surface area contributed by atoms with Gasteiger partial charge in [0.1, 0.15) is 12.9 Å². The average Bonchev–Trinajstić information content (AvgIpc) is 3.74. The molecule has 3 aliphatic heterocycles. The average molecular weight is 637 g/mol. The van der Waals surface area contributed by atoms with E-state index < -0.39 is 0 Å². The van der Waals surface area contributed by atoms with Gasteiger partial charge in [0.25, 0.3) is 0 Å². The topological polar surface area (TPSA) is 138 Å². The molecule has 15 heteroatoms. The van der Waals surface area contributed by atoms with E-state index in [2.05, 4.69) is 0 Å². The maximum absolute atomic E-state index is 5.18. The lowest BCUT2D eigenvalue weighted by molar-refractivity contribution is -0.198. The van der Waals surface area contributed by atoms with Crippen LogP contribution in [0.15, 0.2) is 0 Å². The van der Waals surface area contributed by atoms with E-state index in [0.29, 0.717) is 72.9 Å². The monoisotopic (exact) mass is 636 g/mol. The molecule has 15 nitrogen and oxygen atoms in total.